The maximum absolute atomic E-state index is 11.9. The number of amides is 1. The minimum absolute atomic E-state index is 0.150. The van der Waals surface area contributed by atoms with Gasteiger partial charge in [-0.15, -0.1) is 0 Å². The SMILES string of the molecule is COc1cccc(CC(=O)Nc2cccc(Cl)n2)c1. The summed E-state index contributed by atoms with van der Waals surface area (Å²) in [6.45, 7) is 0. The zero-order chi connectivity index (χ0) is 13.7. The van der Waals surface area contributed by atoms with Crippen molar-refractivity contribution in [2.24, 2.45) is 0 Å². The Balaban J connectivity index is 2.01. The number of nitrogens with zero attached hydrogens (tertiary/aromatic N) is 1. The number of pyridine rings is 1. The van der Waals surface area contributed by atoms with E-state index in [0.29, 0.717) is 11.0 Å². The fourth-order valence-electron chi connectivity index (χ4n) is 1.63. The molecule has 4 nitrogen and oxygen atoms in total. The smallest absolute Gasteiger partial charge is 0.229 e. The van der Waals surface area contributed by atoms with E-state index in [4.69, 9.17) is 16.3 Å². The van der Waals surface area contributed by atoms with Crippen molar-refractivity contribution in [2.75, 3.05) is 12.4 Å². The van der Waals surface area contributed by atoms with Gasteiger partial charge in [0.2, 0.25) is 5.91 Å². The van der Waals surface area contributed by atoms with Gasteiger partial charge < -0.3 is 10.1 Å². The second-order valence-corrected chi connectivity index (χ2v) is 4.31. The van der Waals surface area contributed by atoms with Crippen LogP contribution in [0.3, 0.4) is 0 Å². The van der Waals surface area contributed by atoms with Gasteiger partial charge in [0.1, 0.15) is 16.7 Å². The van der Waals surface area contributed by atoms with E-state index >= 15 is 0 Å². The highest BCUT2D eigenvalue weighted by Crippen LogP contribution is 2.14. The number of methoxy groups -OCH3 is 1. The van der Waals surface area contributed by atoms with Gasteiger partial charge in [0.15, 0.2) is 0 Å². The van der Waals surface area contributed by atoms with E-state index in [0.717, 1.165) is 11.3 Å². The molecule has 0 saturated heterocycles. The van der Waals surface area contributed by atoms with Crippen molar-refractivity contribution in [3.05, 3.63) is 53.2 Å². The maximum Gasteiger partial charge on any atom is 0.229 e. The fraction of sp³-hybridized carbons (Fsp3) is 0.143. The Kier molecular flexibility index (Phi) is 4.36. The third-order valence-electron chi connectivity index (χ3n) is 2.48. The molecule has 0 spiro atoms. The molecule has 2 aromatic rings. The number of anilines is 1. The van der Waals surface area contributed by atoms with Crippen LogP contribution in [0.25, 0.3) is 0 Å². The van der Waals surface area contributed by atoms with E-state index in [2.05, 4.69) is 10.3 Å². The predicted octanol–water partition coefficient (Wildman–Crippen LogP) is 2.92. The number of halogens is 1. The maximum atomic E-state index is 11.9. The van der Waals surface area contributed by atoms with Crippen LogP contribution in [0.5, 0.6) is 5.75 Å². The van der Waals surface area contributed by atoms with Crippen LogP contribution in [0.1, 0.15) is 5.56 Å². The normalized spacial score (nSPS) is 10.0. The summed E-state index contributed by atoms with van der Waals surface area (Å²) >= 11 is 5.75. The molecule has 0 bridgehead atoms. The molecule has 0 aliphatic rings. The summed E-state index contributed by atoms with van der Waals surface area (Å²) in [6, 6.07) is 12.4. The molecule has 0 saturated carbocycles. The Morgan fingerprint density at radius 1 is 1.32 bits per heavy atom. The van der Waals surface area contributed by atoms with Gasteiger partial charge in [0.05, 0.1) is 13.5 Å². The summed E-state index contributed by atoms with van der Waals surface area (Å²) in [5.74, 6) is 1.02. The Hall–Kier alpha value is -2.07. The van der Waals surface area contributed by atoms with Gasteiger partial charge in [-0.25, -0.2) is 4.98 Å². The number of ether oxygens (including phenoxy) is 1. The van der Waals surface area contributed by atoms with Crippen LogP contribution < -0.4 is 10.1 Å². The minimum atomic E-state index is -0.150. The van der Waals surface area contributed by atoms with Crippen molar-refractivity contribution >= 4 is 23.3 Å². The topological polar surface area (TPSA) is 51.2 Å². The lowest BCUT2D eigenvalue weighted by atomic mass is 10.1. The van der Waals surface area contributed by atoms with Crippen LogP contribution in [0.4, 0.5) is 5.82 Å². The molecular weight excluding hydrogens is 264 g/mol. The third kappa shape index (κ3) is 3.96. The first-order chi connectivity index (χ1) is 9.17. The molecule has 0 atom stereocenters. The summed E-state index contributed by atoms with van der Waals surface area (Å²) in [5.41, 5.74) is 0.874. The standard InChI is InChI=1S/C14H13ClN2O2/c1-19-11-5-2-4-10(8-11)9-14(18)17-13-7-3-6-12(15)16-13/h2-8H,9H2,1H3,(H,16,17,18). The number of aromatic nitrogens is 1. The lowest BCUT2D eigenvalue weighted by molar-refractivity contribution is -0.115. The lowest BCUT2D eigenvalue weighted by Gasteiger charge is -2.06. The van der Waals surface area contributed by atoms with E-state index in [9.17, 15) is 4.79 Å². The van der Waals surface area contributed by atoms with Crippen molar-refractivity contribution in [1.82, 2.24) is 4.98 Å². The molecule has 0 unspecified atom stereocenters. The summed E-state index contributed by atoms with van der Waals surface area (Å²) in [5, 5.41) is 3.04. The number of benzene rings is 1. The van der Waals surface area contributed by atoms with Crippen LogP contribution in [-0.4, -0.2) is 18.0 Å². The van der Waals surface area contributed by atoms with Crippen LogP contribution >= 0.6 is 11.6 Å². The molecule has 19 heavy (non-hydrogen) atoms. The monoisotopic (exact) mass is 276 g/mol. The summed E-state index contributed by atoms with van der Waals surface area (Å²) < 4.78 is 5.11. The van der Waals surface area contributed by atoms with Crippen LogP contribution in [0.2, 0.25) is 5.15 Å². The van der Waals surface area contributed by atoms with E-state index in [1.807, 2.05) is 24.3 Å². The Labute approximate surface area is 116 Å². The zero-order valence-electron chi connectivity index (χ0n) is 10.4. The highest BCUT2D eigenvalue weighted by atomic mass is 35.5. The summed E-state index contributed by atoms with van der Waals surface area (Å²) in [7, 11) is 1.59. The molecular formula is C14H13ClN2O2. The van der Waals surface area contributed by atoms with Crippen molar-refractivity contribution in [3.8, 4) is 5.75 Å². The van der Waals surface area contributed by atoms with E-state index in [-0.39, 0.29) is 12.3 Å². The number of carbonyl (C=O) groups excluding carboxylic acids is 1. The first kappa shape index (κ1) is 13.4. The first-order valence-corrected chi connectivity index (χ1v) is 6.10. The molecule has 5 heteroatoms. The molecule has 1 aromatic heterocycles. The summed E-state index contributed by atoms with van der Waals surface area (Å²) in [4.78, 5) is 15.9. The molecule has 2 rings (SSSR count). The number of rotatable bonds is 4. The molecule has 1 aromatic carbocycles. The zero-order valence-corrected chi connectivity index (χ0v) is 11.1. The second kappa shape index (κ2) is 6.20. The van der Waals surface area contributed by atoms with Crippen LogP contribution in [0, 0.1) is 0 Å². The van der Waals surface area contributed by atoms with Crippen molar-refractivity contribution in [2.45, 2.75) is 6.42 Å². The third-order valence-corrected chi connectivity index (χ3v) is 2.69. The van der Waals surface area contributed by atoms with Crippen LogP contribution in [0.15, 0.2) is 42.5 Å². The number of carbonyl (C=O) groups is 1. The Morgan fingerprint density at radius 2 is 2.11 bits per heavy atom. The second-order valence-electron chi connectivity index (χ2n) is 3.92. The first-order valence-electron chi connectivity index (χ1n) is 5.73. The highest BCUT2D eigenvalue weighted by molar-refractivity contribution is 6.29. The molecule has 1 heterocycles. The van der Waals surface area contributed by atoms with Crippen molar-refractivity contribution < 1.29 is 9.53 Å². The van der Waals surface area contributed by atoms with Gasteiger partial charge in [-0.1, -0.05) is 29.8 Å². The van der Waals surface area contributed by atoms with Crippen molar-refractivity contribution in [1.29, 1.82) is 0 Å². The van der Waals surface area contributed by atoms with Gasteiger partial charge in [0.25, 0.3) is 0 Å². The van der Waals surface area contributed by atoms with Gasteiger partial charge in [-0.05, 0) is 29.8 Å². The lowest BCUT2D eigenvalue weighted by Crippen LogP contribution is -2.15. The average molecular weight is 277 g/mol. The number of hydrogen-bond acceptors (Lipinski definition) is 3. The Bertz CT molecular complexity index is 587. The van der Waals surface area contributed by atoms with Gasteiger partial charge in [-0.3, -0.25) is 4.79 Å². The van der Waals surface area contributed by atoms with E-state index in [1.54, 1.807) is 25.3 Å². The molecule has 98 valence electrons. The molecule has 0 radical (unpaired) electrons. The molecule has 1 amide bonds. The van der Waals surface area contributed by atoms with E-state index in [1.165, 1.54) is 0 Å². The molecule has 0 aliphatic carbocycles. The van der Waals surface area contributed by atoms with Gasteiger partial charge >= 0.3 is 0 Å². The fourth-order valence-corrected chi connectivity index (χ4v) is 1.80. The highest BCUT2D eigenvalue weighted by Gasteiger charge is 2.06. The minimum Gasteiger partial charge on any atom is -0.497 e. The average Bonchev–Trinajstić information content (AvgIpc) is 2.38. The number of hydrogen-bond donors (Lipinski definition) is 1. The quantitative estimate of drug-likeness (QED) is 0.874. The van der Waals surface area contributed by atoms with E-state index < -0.39 is 0 Å². The molecule has 1 N–H and O–H groups in total. The van der Waals surface area contributed by atoms with Gasteiger partial charge in [0, 0.05) is 0 Å². The summed E-state index contributed by atoms with van der Waals surface area (Å²) in [6.07, 6.45) is 0.255. The predicted molar refractivity (Wildman–Crippen MR) is 74.6 cm³/mol. The molecule has 0 fully saturated rings. The van der Waals surface area contributed by atoms with Gasteiger partial charge in [-0.2, -0.15) is 0 Å². The Morgan fingerprint density at radius 3 is 2.84 bits per heavy atom. The largest absolute Gasteiger partial charge is 0.497 e. The molecule has 0 aliphatic heterocycles. The number of nitrogens with one attached hydrogen (secondary N) is 1. The van der Waals surface area contributed by atoms with Crippen LogP contribution in [-0.2, 0) is 11.2 Å². The van der Waals surface area contributed by atoms with Crippen molar-refractivity contribution in [3.63, 3.8) is 0 Å².